The van der Waals surface area contributed by atoms with Gasteiger partial charge in [-0.2, -0.15) is 0 Å². The van der Waals surface area contributed by atoms with Crippen LogP contribution in [-0.2, 0) is 0 Å². The van der Waals surface area contributed by atoms with Gasteiger partial charge in [0.05, 0.1) is 0 Å². The fraction of sp³-hybridized carbons (Fsp3) is 0.588. The van der Waals surface area contributed by atoms with Crippen LogP contribution in [0.2, 0.25) is 0 Å². The molecule has 0 spiro atoms. The normalized spacial score (nSPS) is 22.6. The van der Waals surface area contributed by atoms with Crippen molar-refractivity contribution in [3.8, 4) is 11.5 Å². The van der Waals surface area contributed by atoms with E-state index in [0.29, 0.717) is 37.2 Å². The van der Waals surface area contributed by atoms with Gasteiger partial charge in [-0.3, -0.25) is 4.79 Å². The first-order chi connectivity index (χ1) is 10.2. The van der Waals surface area contributed by atoms with Crippen molar-refractivity contribution in [2.24, 2.45) is 11.8 Å². The third-order valence-electron chi connectivity index (χ3n) is 4.51. The van der Waals surface area contributed by atoms with Crippen LogP contribution in [0.4, 0.5) is 0 Å². The lowest BCUT2D eigenvalue weighted by Gasteiger charge is -2.28. The molecule has 4 nitrogen and oxygen atoms in total. The van der Waals surface area contributed by atoms with E-state index in [1.165, 1.54) is 12.8 Å². The fourth-order valence-corrected chi connectivity index (χ4v) is 3.16. The van der Waals surface area contributed by atoms with Crippen molar-refractivity contribution in [1.29, 1.82) is 0 Å². The largest absolute Gasteiger partial charge is 0.486 e. The summed E-state index contributed by atoms with van der Waals surface area (Å²) in [6.45, 7) is 5.46. The molecule has 2 aliphatic heterocycles. The highest BCUT2D eigenvalue weighted by molar-refractivity contribution is 5.96. The second kappa shape index (κ2) is 6.48. The summed E-state index contributed by atoms with van der Waals surface area (Å²) in [4.78, 5) is 12.5. The molecule has 2 unspecified atom stereocenters. The maximum absolute atomic E-state index is 12.5. The van der Waals surface area contributed by atoms with Gasteiger partial charge >= 0.3 is 0 Å². The van der Waals surface area contributed by atoms with Crippen LogP contribution in [-0.4, -0.2) is 32.1 Å². The summed E-state index contributed by atoms with van der Waals surface area (Å²) in [5.74, 6) is 2.66. The van der Waals surface area contributed by atoms with Crippen LogP contribution in [0.5, 0.6) is 11.5 Å². The summed E-state index contributed by atoms with van der Waals surface area (Å²) < 4.78 is 11.0. The summed E-state index contributed by atoms with van der Waals surface area (Å²) in [6, 6.07) is 5.51. The summed E-state index contributed by atoms with van der Waals surface area (Å²) in [7, 11) is 0. The van der Waals surface area contributed by atoms with Gasteiger partial charge in [0.15, 0.2) is 17.3 Å². The highest BCUT2D eigenvalue weighted by Gasteiger charge is 2.23. The predicted molar refractivity (Wildman–Crippen MR) is 81.1 cm³/mol. The van der Waals surface area contributed by atoms with Gasteiger partial charge in [0.2, 0.25) is 0 Å². The van der Waals surface area contributed by atoms with Gasteiger partial charge in [-0.15, -0.1) is 0 Å². The molecule has 3 rings (SSSR count). The van der Waals surface area contributed by atoms with E-state index in [9.17, 15) is 4.79 Å². The number of Topliss-reactive ketones (excluding diaryl/α,β-unsaturated/α-hetero) is 1. The van der Waals surface area contributed by atoms with E-state index in [0.717, 1.165) is 24.4 Å². The quantitative estimate of drug-likeness (QED) is 0.866. The lowest BCUT2D eigenvalue weighted by Crippen LogP contribution is -2.34. The average Bonchev–Trinajstić information content (AvgIpc) is 2.55. The molecule has 0 amide bonds. The Labute approximate surface area is 125 Å². The van der Waals surface area contributed by atoms with Crippen LogP contribution in [0.15, 0.2) is 18.2 Å². The number of hydrogen-bond donors (Lipinski definition) is 1. The van der Waals surface area contributed by atoms with Gasteiger partial charge in [0.1, 0.15) is 13.2 Å². The lowest BCUT2D eigenvalue weighted by molar-refractivity contribution is 0.0941. The Hall–Kier alpha value is -1.55. The van der Waals surface area contributed by atoms with Crippen LogP contribution in [0.3, 0.4) is 0 Å². The van der Waals surface area contributed by atoms with E-state index in [2.05, 4.69) is 12.2 Å². The predicted octanol–water partition coefficient (Wildman–Crippen LogP) is 2.67. The van der Waals surface area contributed by atoms with Gasteiger partial charge in [-0.1, -0.05) is 6.92 Å². The average molecular weight is 289 g/mol. The van der Waals surface area contributed by atoms with Crippen LogP contribution >= 0.6 is 0 Å². The molecule has 0 radical (unpaired) electrons. The van der Waals surface area contributed by atoms with Crippen molar-refractivity contribution >= 4 is 5.78 Å². The molecule has 0 aromatic heterocycles. The topological polar surface area (TPSA) is 47.6 Å². The lowest BCUT2D eigenvalue weighted by atomic mass is 9.83. The van der Waals surface area contributed by atoms with Crippen LogP contribution < -0.4 is 14.8 Å². The molecule has 2 aliphatic rings. The number of carbonyl (C=O) groups is 1. The summed E-state index contributed by atoms with van der Waals surface area (Å²) in [5.41, 5.74) is 0.731. The Kier molecular flexibility index (Phi) is 4.44. The van der Waals surface area contributed by atoms with Gasteiger partial charge in [0, 0.05) is 12.0 Å². The van der Waals surface area contributed by atoms with Crippen LogP contribution in [0, 0.1) is 11.8 Å². The molecule has 1 aromatic rings. The maximum Gasteiger partial charge on any atom is 0.163 e. The van der Waals surface area contributed by atoms with E-state index >= 15 is 0 Å². The minimum absolute atomic E-state index is 0.199. The molecule has 0 saturated carbocycles. The Morgan fingerprint density at radius 3 is 2.90 bits per heavy atom. The molecular formula is C17H23NO3. The highest BCUT2D eigenvalue weighted by Crippen LogP contribution is 2.32. The smallest absolute Gasteiger partial charge is 0.163 e. The number of ether oxygens (including phenoxy) is 2. The SMILES string of the molecule is CC(CC(=O)c1ccc2c(c1)OCCO2)C1CCCNC1. The first kappa shape index (κ1) is 14.4. The molecule has 1 aromatic carbocycles. The molecule has 0 bridgehead atoms. The number of carbonyl (C=O) groups excluding carboxylic acids is 1. The number of ketones is 1. The Morgan fingerprint density at radius 1 is 1.33 bits per heavy atom. The van der Waals surface area contributed by atoms with Crippen molar-refractivity contribution < 1.29 is 14.3 Å². The van der Waals surface area contributed by atoms with Gasteiger partial charge in [-0.25, -0.2) is 0 Å². The van der Waals surface area contributed by atoms with Crippen molar-refractivity contribution in [3.63, 3.8) is 0 Å². The zero-order chi connectivity index (χ0) is 14.7. The summed E-state index contributed by atoms with van der Waals surface area (Å²) in [6.07, 6.45) is 3.04. The Morgan fingerprint density at radius 2 is 2.14 bits per heavy atom. The molecule has 1 saturated heterocycles. The first-order valence-electron chi connectivity index (χ1n) is 7.87. The van der Waals surface area contributed by atoms with Crippen molar-refractivity contribution in [3.05, 3.63) is 23.8 Å². The molecule has 4 heteroatoms. The van der Waals surface area contributed by atoms with E-state index in [-0.39, 0.29) is 5.78 Å². The molecule has 0 aliphatic carbocycles. The van der Waals surface area contributed by atoms with E-state index in [1.54, 1.807) is 0 Å². The first-order valence-corrected chi connectivity index (χ1v) is 7.87. The van der Waals surface area contributed by atoms with Gasteiger partial charge in [-0.05, 0) is 56.0 Å². The van der Waals surface area contributed by atoms with E-state index in [4.69, 9.17) is 9.47 Å². The number of fused-ring (bicyclic) bond motifs is 1. The fourth-order valence-electron chi connectivity index (χ4n) is 3.16. The minimum atomic E-state index is 0.199. The zero-order valence-electron chi connectivity index (χ0n) is 12.6. The van der Waals surface area contributed by atoms with Gasteiger partial charge in [0.25, 0.3) is 0 Å². The third-order valence-corrected chi connectivity index (χ3v) is 4.51. The molecule has 2 atom stereocenters. The molecule has 1 N–H and O–H groups in total. The standard InChI is InChI=1S/C17H23NO3/c1-12(14-3-2-6-18-11-14)9-15(19)13-4-5-16-17(10-13)21-8-7-20-16/h4-5,10,12,14,18H,2-3,6-9,11H2,1H3. The summed E-state index contributed by atoms with van der Waals surface area (Å²) >= 11 is 0. The molecule has 2 heterocycles. The number of rotatable bonds is 4. The number of benzene rings is 1. The van der Waals surface area contributed by atoms with Crippen molar-refractivity contribution in [2.45, 2.75) is 26.2 Å². The Balaban J connectivity index is 1.64. The minimum Gasteiger partial charge on any atom is -0.486 e. The van der Waals surface area contributed by atoms with Crippen LogP contribution in [0.1, 0.15) is 36.5 Å². The Bertz CT molecular complexity index is 509. The molecule has 1 fully saturated rings. The van der Waals surface area contributed by atoms with E-state index < -0.39 is 0 Å². The van der Waals surface area contributed by atoms with E-state index in [1.807, 2.05) is 18.2 Å². The van der Waals surface area contributed by atoms with Gasteiger partial charge < -0.3 is 14.8 Å². The summed E-state index contributed by atoms with van der Waals surface area (Å²) in [5, 5.41) is 3.42. The maximum atomic E-state index is 12.5. The molecule has 114 valence electrons. The molecular weight excluding hydrogens is 266 g/mol. The monoisotopic (exact) mass is 289 g/mol. The van der Waals surface area contributed by atoms with Crippen molar-refractivity contribution in [2.75, 3.05) is 26.3 Å². The zero-order valence-corrected chi connectivity index (χ0v) is 12.6. The van der Waals surface area contributed by atoms with Crippen LogP contribution in [0.25, 0.3) is 0 Å². The number of piperidine rings is 1. The second-order valence-electron chi connectivity index (χ2n) is 6.07. The number of nitrogens with one attached hydrogen (secondary N) is 1. The highest BCUT2D eigenvalue weighted by atomic mass is 16.6. The van der Waals surface area contributed by atoms with Crippen molar-refractivity contribution in [1.82, 2.24) is 5.32 Å². The molecule has 21 heavy (non-hydrogen) atoms. The number of hydrogen-bond acceptors (Lipinski definition) is 4. The third kappa shape index (κ3) is 3.38. The second-order valence-corrected chi connectivity index (χ2v) is 6.07.